The number of carbonyl (C=O) groups is 1. The number of hydrogen-bond donors (Lipinski definition) is 1. The van der Waals surface area contributed by atoms with E-state index >= 15 is 0 Å². The van der Waals surface area contributed by atoms with Gasteiger partial charge in [-0.3, -0.25) is 4.79 Å². The van der Waals surface area contributed by atoms with Crippen LogP contribution in [-0.4, -0.2) is 26.0 Å². The van der Waals surface area contributed by atoms with Crippen LogP contribution in [0.15, 0.2) is 53.8 Å². The van der Waals surface area contributed by atoms with E-state index in [1.807, 2.05) is 18.0 Å². The molecular weight excluding hydrogens is 428 g/mol. The van der Waals surface area contributed by atoms with Crippen molar-refractivity contribution in [3.63, 3.8) is 0 Å². The lowest BCUT2D eigenvalue weighted by Gasteiger charge is -2.18. The van der Waals surface area contributed by atoms with Gasteiger partial charge >= 0.3 is 0 Å². The summed E-state index contributed by atoms with van der Waals surface area (Å²) < 4.78 is 2.28. The van der Waals surface area contributed by atoms with E-state index in [0.29, 0.717) is 6.04 Å². The molecule has 0 saturated heterocycles. The smallest absolute Gasteiger partial charge is 0.223 e. The van der Waals surface area contributed by atoms with Crippen molar-refractivity contribution in [2.45, 2.75) is 70.4 Å². The molecule has 0 radical (unpaired) electrons. The zero-order chi connectivity index (χ0) is 22.8. The van der Waals surface area contributed by atoms with Gasteiger partial charge in [-0.1, -0.05) is 30.3 Å². The average molecular weight is 461 g/mol. The molecule has 6 heteroatoms. The van der Waals surface area contributed by atoms with Crippen LogP contribution in [0.2, 0.25) is 0 Å². The van der Waals surface area contributed by atoms with E-state index in [4.69, 9.17) is 0 Å². The zero-order valence-corrected chi connectivity index (χ0v) is 20.3. The minimum atomic E-state index is 0.0586. The van der Waals surface area contributed by atoms with Gasteiger partial charge in [0.2, 0.25) is 5.91 Å². The highest BCUT2D eigenvalue weighted by atomic mass is 32.1. The number of rotatable bonds is 8. The van der Waals surface area contributed by atoms with Crippen LogP contribution in [0.25, 0.3) is 16.8 Å². The molecule has 0 bridgehead atoms. The van der Waals surface area contributed by atoms with Crippen molar-refractivity contribution in [2.75, 3.05) is 0 Å². The van der Waals surface area contributed by atoms with Crippen LogP contribution >= 0.6 is 11.3 Å². The van der Waals surface area contributed by atoms with Crippen molar-refractivity contribution < 1.29 is 4.79 Å². The lowest BCUT2D eigenvalue weighted by molar-refractivity contribution is -0.125. The number of aryl methyl sites for hydroxylation is 1. The molecule has 0 spiro atoms. The van der Waals surface area contributed by atoms with Gasteiger partial charge in [-0.2, -0.15) is 0 Å². The summed E-state index contributed by atoms with van der Waals surface area (Å²) in [4.78, 5) is 21.5. The number of allylic oxidation sites excluding steroid dienone is 2. The Morgan fingerprint density at radius 3 is 2.79 bits per heavy atom. The maximum atomic E-state index is 12.7. The highest BCUT2D eigenvalue weighted by Crippen LogP contribution is 2.40. The van der Waals surface area contributed by atoms with Crippen LogP contribution in [0.3, 0.4) is 0 Å². The van der Waals surface area contributed by atoms with E-state index in [0.717, 1.165) is 56.3 Å². The third kappa shape index (κ3) is 4.96. The monoisotopic (exact) mass is 460 g/mol. The van der Waals surface area contributed by atoms with E-state index in [2.05, 4.69) is 69.4 Å². The molecule has 2 aromatic heterocycles. The summed E-state index contributed by atoms with van der Waals surface area (Å²) in [5.74, 6) is 0.347. The predicted molar refractivity (Wildman–Crippen MR) is 134 cm³/mol. The molecule has 1 N–H and O–H groups in total. The molecule has 2 atom stereocenters. The molecule has 0 aliphatic heterocycles. The first kappa shape index (κ1) is 22.1. The van der Waals surface area contributed by atoms with Crippen LogP contribution in [-0.2, 0) is 11.2 Å². The highest BCUT2D eigenvalue weighted by Gasteiger charge is 2.41. The molecule has 2 fully saturated rings. The number of carbonyl (C=O) groups excluding carboxylic acids is 1. The molecule has 2 aliphatic rings. The number of imidazole rings is 1. The number of thiazole rings is 1. The molecule has 172 valence electrons. The summed E-state index contributed by atoms with van der Waals surface area (Å²) in [5, 5.41) is 5.38. The maximum absolute atomic E-state index is 12.7. The summed E-state index contributed by atoms with van der Waals surface area (Å²) >= 11 is 1.65. The van der Waals surface area contributed by atoms with Crippen LogP contribution in [0.4, 0.5) is 0 Å². The lowest BCUT2D eigenvalue weighted by atomic mass is 9.98. The largest absolute Gasteiger partial charge is 0.351 e. The Balaban J connectivity index is 1.25. The second-order valence-electron chi connectivity index (χ2n) is 9.77. The van der Waals surface area contributed by atoms with Crippen molar-refractivity contribution in [2.24, 2.45) is 5.92 Å². The van der Waals surface area contributed by atoms with Gasteiger partial charge in [0.1, 0.15) is 0 Å². The van der Waals surface area contributed by atoms with Gasteiger partial charge in [-0.05, 0) is 75.5 Å². The fourth-order valence-corrected chi connectivity index (χ4v) is 5.51. The van der Waals surface area contributed by atoms with Crippen molar-refractivity contribution in [3.8, 4) is 11.3 Å². The first-order valence-electron chi connectivity index (χ1n) is 12.0. The molecule has 2 unspecified atom stereocenters. The molecule has 2 saturated carbocycles. The standard InChI is InChI=1S/C27H32N4OS/c1-3-19(8-10-23-16-33-18-29-23)20-4-6-21(7-5-20)25-15-28-17-31(25)24-11-9-22(14-24)26(32)30-27(2)12-13-27/h3-7,15-18,22,24H,8-14H2,1-2H3,(H,30,32)/b19-3+. The van der Waals surface area contributed by atoms with Gasteiger partial charge < -0.3 is 9.88 Å². The van der Waals surface area contributed by atoms with Crippen molar-refractivity contribution in [1.29, 1.82) is 0 Å². The van der Waals surface area contributed by atoms with Crippen LogP contribution in [0.5, 0.6) is 0 Å². The minimum absolute atomic E-state index is 0.0586. The maximum Gasteiger partial charge on any atom is 0.223 e. The first-order valence-corrected chi connectivity index (χ1v) is 13.0. The summed E-state index contributed by atoms with van der Waals surface area (Å²) in [6, 6.07) is 9.15. The number of hydrogen-bond acceptors (Lipinski definition) is 4. The SMILES string of the molecule is C/C=C(\CCc1cscn1)c1ccc(-c2cncn2C2CCC(C(=O)NC3(C)CC3)C2)cc1. The number of benzene rings is 1. The molecule has 5 nitrogen and oxygen atoms in total. The van der Waals surface area contributed by atoms with E-state index in [-0.39, 0.29) is 17.4 Å². The topological polar surface area (TPSA) is 59.8 Å². The molecular formula is C27H32N4OS. The molecule has 5 rings (SSSR count). The van der Waals surface area contributed by atoms with Gasteiger partial charge in [-0.15, -0.1) is 11.3 Å². The molecule has 2 aliphatic carbocycles. The summed E-state index contributed by atoms with van der Waals surface area (Å²) in [5.41, 5.74) is 8.02. The average Bonchev–Trinajstić information content (AvgIpc) is 3.33. The Kier molecular flexibility index (Phi) is 6.19. The first-order chi connectivity index (χ1) is 16.0. The predicted octanol–water partition coefficient (Wildman–Crippen LogP) is 6.05. The van der Waals surface area contributed by atoms with Gasteiger partial charge in [-0.25, -0.2) is 9.97 Å². The Labute approximate surface area is 200 Å². The number of aromatic nitrogens is 3. The van der Waals surface area contributed by atoms with Gasteiger partial charge in [0, 0.05) is 22.9 Å². The number of nitrogens with zero attached hydrogens (tertiary/aromatic N) is 3. The second kappa shape index (κ2) is 9.26. The third-order valence-corrected chi connectivity index (χ3v) is 7.93. The Morgan fingerprint density at radius 1 is 1.27 bits per heavy atom. The summed E-state index contributed by atoms with van der Waals surface area (Å²) in [6.45, 7) is 4.25. The van der Waals surface area contributed by atoms with Crippen LogP contribution in [0, 0.1) is 5.92 Å². The molecule has 33 heavy (non-hydrogen) atoms. The van der Waals surface area contributed by atoms with Crippen molar-refractivity contribution in [3.05, 3.63) is 65.0 Å². The molecule has 1 amide bonds. The quantitative estimate of drug-likeness (QED) is 0.445. The van der Waals surface area contributed by atoms with E-state index < -0.39 is 0 Å². The third-order valence-electron chi connectivity index (χ3n) is 7.29. The van der Waals surface area contributed by atoms with E-state index in [1.165, 1.54) is 16.7 Å². The zero-order valence-electron chi connectivity index (χ0n) is 19.5. The van der Waals surface area contributed by atoms with Gasteiger partial charge in [0.05, 0.1) is 29.4 Å². The molecule has 3 aromatic rings. The summed E-state index contributed by atoms with van der Waals surface area (Å²) in [6.07, 6.45) is 13.1. The van der Waals surface area contributed by atoms with Crippen molar-refractivity contribution >= 4 is 22.8 Å². The number of amides is 1. The summed E-state index contributed by atoms with van der Waals surface area (Å²) in [7, 11) is 0. The Hall–Kier alpha value is -2.73. The number of nitrogens with one attached hydrogen (secondary N) is 1. The lowest BCUT2D eigenvalue weighted by Crippen LogP contribution is -2.38. The molecule has 2 heterocycles. The normalized spacial score (nSPS) is 21.8. The van der Waals surface area contributed by atoms with Gasteiger partial charge in [0.15, 0.2) is 0 Å². The van der Waals surface area contributed by atoms with E-state index in [1.54, 1.807) is 11.3 Å². The minimum Gasteiger partial charge on any atom is -0.351 e. The van der Waals surface area contributed by atoms with Gasteiger partial charge in [0.25, 0.3) is 0 Å². The van der Waals surface area contributed by atoms with Crippen LogP contribution < -0.4 is 5.32 Å². The fourth-order valence-electron chi connectivity index (χ4n) is 4.91. The fraction of sp³-hybridized carbons (Fsp3) is 0.444. The molecule has 1 aromatic carbocycles. The van der Waals surface area contributed by atoms with Crippen LogP contribution in [0.1, 0.15) is 69.7 Å². The van der Waals surface area contributed by atoms with Crippen molar-refractivity contribution in [1.82, 2.24) is 19.9 Å². The van der Waals surface area contributed by atoms with E-state index in [9.17, 15) is 4.79 Å². The Bertz CT molecular complexity index is 1130. The highest BCUT2D eigenvalue weighted by molar-refractivity contribution is 7.07. The second-order valence-corrected chi connectivity index (χ2v) is 10.5. The Morgan fingerprint density at radius 2 is 2.09 bits per heavy atom.